The van der Waals surface area contributed by atoms with Gasteiger partial charge in [0, 0.05) is 0 Å². The molecule has 1 aromatic carbocycles. The van der Waals surface area contributed by atoms with Gasteiger partial charge in [0.15, 0.2) is 0 Å². The predicted molar refractivity (Wildman–Crippen MR) is 46.6 cm³/mol. The van der Waals surface area contributed by atoms with Gasteiger partial charge in [-0.2, -0.15) is 0 Å². The minimum atomic E-state index is -0.539. The molecule has 0 N–H and O–H groups in total. The lowest BCUT2D eigenvalue weighted by atomic mass is 10.2. The number of hydrogen-bond acceptors (Lipinski definition) is 2. The first-order valence-electron chi connectivity index (χ1n) is 3.11. The SMILES string of the molecule is COC(=O)c1[c]ccc(Cl)c1Cl. The average molecular weight is 204 g/mol. The lowest BCUT2D eigenvalue weighted by Crippen LogP contribution is -2.02. The Morgan fingerprint density at radius 1 is 1.58 bits per heavy atom. The highest BCUT2D eigenvalue weighted by Crippen LogP contribution is 2.25. The maximum Gasteiger partial charge on any atom is 0.340 e. The molecule has 1 aromatic rings. The Hall–Kier alpha value is -0.730. The van der Waals surface area contributed by atoms with Crippen LogP contribution < -0.4 is 0 Å². The van der Waals surface area contributed by atoms with Gasteiger partial charge < -0.3 is 4.74 Å². The van der Waals surface area contributed by atoms with E-state index in [1.807, 2.05) is 0 Å². The first-order chi connectivity index (χ1) is 5.66. The van der Waals surface area contributed by atoms with Gasteiger partial charge >= 0.3 is 5.97 Å². The van der Waals surface area contributed by atoms with Crippen LogP contribution in [-0.2, 0) is 4.74 Å². The number of esters is 1. The lowest BCUT2D eigenvalue weighted by Gasteiger charge is -2.01. The molecule has 0 aromatic heterocycles. The molecule has 63 valence electrons. The van der Waals surface area contributed by atoms with Crippen LogP contribution in [0.1, 0.15) is 10.4 Å². The van der Waals surface area contributed by atoms with E-state index in [0.717, 1.165) is 0 Å². The summed E-state index contributed by atoms with van der Waals surface area (Å²) in [6, 6.07) is 5.70. The van der Waals surface area contributed by atoms with Gasteiger partial charge in [0.2, 0.25) is 0 Å². The van der Waals surface area contributed by atoms with Crippen molar-refractivity contribution in [2.75, 3.05) is 7.11 Å². The van der Waals surface area contributed by atoms with Crippen molar-refractivity contribution in [2.45, 2.75) is 0 Å². The normalized spacial score (nSPS) is 9.58. The minimum Gasteiger partial charge on any atom is -0.465 e. The Morgan fingerprint density at radius 3 is 2.83 bits per heavy atom. The molecule has 0 unspecified atom stereocenters. The average Bonchev–Trinajstić information content (AvgIpc) is 2.08. The van der Waals surface area contributed by atoms with E-state index < -0.39 is 5.97 Å². The standard InChI is InChI=1S/C8H5Cl2O2/c1-12-8(11)5-3-2-4-6(9)7(5)10/h2,4H,1H3. The predicted octanol–water partition coefficient (Wildman–Crippen LogP) is 2.58. The lowest BCUT2D eigenvalue weighted by molar-refractivity contribution is 0.0600. The molecule has 0 saturated heterocycles. The van der Waals surface area contributed by atoms with Gasteiger partial charge in [0.1, 0.15) is 0 Å². The smallest absolute Gasteiger partial charge is 0.340 e. The molecule has 0 fully saturated rings. The number of methoxy groups -OCH3 is 1. The molecule has 0 atom stereocenters. The molecule has 0 aliphatic rings. The molecule has 0 aliphatic carbocycles. The van der Waals surface area contributed by atoms with Crippen LogP contribution in [0.25, 0.3) is 0 Å². The van der Waals surface area contributed by atoms with E-state index in [1.165, 1.54) is 13.2 Å². The Labute approximate surface area is 80.0 Å². The second-order valence-corrected chi connectivity index (χ2v) is 2.79. The monoisotopic (exact) mass is 203 g/mol. The third-order valence-electron chi connectivity index (χ3n) is 1.28. The first kappa shape index (κ1) is 9.36. The summed E-state index contributed by atoms with van der Waals surface area (Å²) in [4.78, 5) is 11.0. The first-order valence-corrected chi connectivity index (χ1v) is 3.86. The minimum absolute atomic E-state index is 0.159. The zero-order chi connectivity index (χ0) is 9.14. The summed E-state index contributed by atoms with van der Waals surface area (Å²) >= 11 is 11.4. The number of carbonyl (C=O) groups is 1. The number of halogens is 2. The summed E-state index contributed by atoms with van der Waals surface area (Å²) in [5.74, 6) is -0.539. The summed E-state index contributed by atoms with van der Waals surface area (Å²) in [6.45, 7) is 0. The fraction of sp³-hybridized carbons (Fsp3) is 0.125. The molecule has 1 rings (SSSR count). The van der Waals surface area contributed by atoms with Gasteiger partial charge in [0.25, 0.3) is 0 Å². The van der Waals surface area contributed by atoms with Crippen LogP contribution in [0.5, 0.6) is 0 Å². The van der Waals surface area contributed by atoms with E-state index in [-0.39, 0.29) is 10.6 Å². The van der Waals surface area contributed by atoms with E-state index in [4.69, 9.17) is 23.2 Å². The molecule has 0 saturated carbocycles. The van der Waals surface area contributed by atoms with Gasteiger partial charge in [0.05, 0.1) is 22.7 Å². The summed E-state index contributed by atoms with van der Waals surface area (Å²) in [6.07, 6.45) is 0. The second-order valence-electron chi connectivity index (χ2n) is 2.01. The highest BCUT2D eigenvalue weighted by molar-refractivity contribution is 6.43. The summed E-state index contributed by atoms with van der Waals surface area (Å²) < 4.78 is 4.46. The summed E-state index contributed by atoms with van der Waals surface area (Å²) in [5, 5.41) is 0.488. The molecule has 1 radical (unpaired) electrons. The summed E-state index contributed by atoms with van der Waals surface area (Å²) in [7, 11) is 1.27. The Balaban J connectivity index is 3.16. The van der Waals surface area contributed by atoms with Crippen molar-refractivity contribution in [3.05, 3.63) is 33.8 Å². The zero-order valence-electron chi connectivity index (χ0n) is 6.23. The number of carbonyl (C=O) groups excluding carboxylic acids is 1. The second kappa shape index (κ2) is 3.78. The highest BCUT2D eigenvalue weighted by Gasteiger charge is 2.12. The van der Waals surface area contributed by atoms with Crippen LogP contribution in [-0.4, -0.2) is 13.1 Å². The van der Waals surface area contributed by atoms with Crippen molar-refractivity contribution in [3.8, 4) is 0 Å². The maximum absolute atomic E-state index is 11.0. The van der Waals surface area contributed by atoms with Crippen molar-refractivity contribution >= 4 is 29.2 Å². The number of hydrogen-bond donors (Lipinski definition) is 0. The summed E-state index contributed by atoms with van der Waals surface area (Å²) in [5.41, 5.74) is 0.159. The molecule has 0 heterocycles. The maximum atomic E-state index is 11.0. The van der Waals surface area contributed by atoms with Gasteiger partial charge in [-0.1, -0.05) is 29.3 Å². The van der Waals surface area contributed by atoms with Crippen LogP contribution in [0, 0.1) is 6.07 Å². The molecular formula is C8H5Cl2O2. The molecule has 2 nitrogen and oxygen atoms in total. The highest BCUT2D eigenvalue weighted by atomic mass is 35.5. The van der Waals surface area contributed by atoms with E-state index in [9.17, 15) is 4.79 Å². The number of benzene rings is 1. The van der Waals surface area contributed by atoms with Crippen LogP contribution in [0.2, 0.25) is 10.0 Å². The molecule has 0 amide bonds. The van der Waals surface area contributed by atoms with Gasteiger partial charge in [-0.05, 0) is 12.1 Å². The van der Waals surface area contributed by atoms with E-state index in [2.05, 4.69) is 10.8 Å². The zero-order valence-corrected chi connectivity index (χ0v) is 7.74. The fourth-order valence-electron chi connectivity index (χ4n) is 0.705. The van der Waals surface area contributed by atoms with Crippen LogP contribution >= 0.6 is 23.2 Å². The van der Waals surface area contributed by atoms with Crippen molar-refractivity contribution in [1.82, 2.24) is 0 Å². The molecule has 0 spiro atoms. The third kappa shape index (κ3) is 1.71. The van der Waals surface area contributed by atoms with Crippen molar-refractivity contribution in [3.63, 3.8) is 0 Å². The topological polar surface area (TPSA) is 26.3 Å². The van der Waals surface area contributed by atoms with E-state index >= 15 is 0 Å². The van der Waals surface area contributed by atoms with Crippen molar-refractivity contribution < 1.29 is 9.53 Å². The van der Waals surface area contributed by atoms with Gasteiger partial charge in [-0.25, -0.2) is 4.79 Å². The molecule has 0 aliphatic heterocycles. The van der Waals surface area contributed by atoms with Crippen LogP contribution in [0.4, 0.5) is 0 Å². The van der Waals surface area contributed by atoms with Crippen molar-refractivity contribution in [2.24, 2.45) is 0 Å². The Kier molecular flexibility index (Phi) is 2.95. The number of ether oxygens (including phenoxy) is 1. The van der Waals surface area contributed by atoms with Crippen LogP contribution in [0.3, 0.4) is 0 Å². The largest absolute Gasteiger partial charge is 0.465 e. The number of rotatable bonds is 1. The van der Waals surface area contributed by atoms with E-state index in [0.29, 0.717) is 5.02 Å². The van der Waals surface area contributed by atoms with E-state index in [1.54, 1.807) is 6.07 Å². The fourth-order valence-corrected chi connectivity index (χ4v) is 1.06. The quantitative estimate of drug-likeness (QED) is 0.657. The molecular weight excluding hydrogens is 199 g/mol. The van der Waals surface area contributed by atoms with Gasteiger partial charge in [-0.15, -0.1) is 0 Å². The van der Waals surface area contributed by atoms with Gasteiger partial charge in [-0.3, -0.25) is 0 Å². The Bertz CT molecular complexity index is 310. The Morgan fingerprint density at radius 2 is 2.25 bits per heavy atom. The van der Waals surface area contributed by atoms with Crippen LogP contribution in [0.15, 0.2) is 12.1 Å². The molecule has 12 heavy (non-hydrogen) atoms. The third-order valence-corrected chi connectivity index (χ3v) is 2.08. The molecule has 0 bridgehead atoms. The molecule has 4 heteroatoms. The van der Waals surface area contributed by atoms with Crippen molar-refractivity contribution in [1.29, 1.82) is 0 Å².